The van der Waals surface area contributed by atoms with Crippen molar-refractivity contribution in [3.05, 3.63) is 68.0 Å². The summed E-state index contributed by atoms with van der Waals surface area (Å²) >= 11 is 11.9. The first-order chi connectivity index (χ1) is 15.2. The van der Waals surface area contributed by atoms with Crippen LogP contribution in [0.3, 0.4) is 0 Å². The number of amides is 2. The maximum Gasteiger partial charge on any atom is 0.276 e. The average molecular weight is 592 g/mol. The number of benzene rings is 1. The summed E-state index contributed by atoms with van der Waals surface area (Å²) in [5, 5.41) is 23.9. The summed E-state index contributed by atoms with van der Waals surface area (Å²) in [6.07, 6.45) is 5.96. The molecule has 11 heteroatoms. The van der Waals surface area contributed by atoms with E-state index in [1.165, 1.54) is 12.5 Å². The molecule has 1 aromatic carbocycles. The van der Waals surface area contributed by atoms with Gasteiger partial charge in [-0.1, -0.05) is 46.6 Å². The molecule has 0 aliphatic carbocycles. The number of nitrogens with zero attached hydrogens (tertiary/aromatic N) is 1. The van der Waals surface area contributed by atoms with E-state index in [1.54, 1.807) is 31.3 Å². The predicted molar refractivity (Wildman–Crippen MR) is 135 cm³/mol. The van der Waals surface area contributed by atoms with Crippen molar-refractivity contribution in [2.45, 2.75) is 33.4 Å². The molecule has 5 N–H and O–H groups in total. The SMILES string of the molecule is CC/C=C\CN/C=C/Cl.Cc1cc(C(=O)Nc2c(Br)cc(Br)cc2C(=O)NC(C)O)n[nH]1. The average Bonchev–Trinajstić information content (AvgIpc) is 3.16. The fourth-order valence-corrected chi connectivity index (χ4v) is 3.70. The molecule has 8 nitrogen and oxygen atoms in total. The molecule has 2 amide bonds. The van der Waals surface area contributed by atoms with E-state index in [2.05, 4.69) is 77.1 Å². The first-order valence-electron chi connectivity index (χ1n) is 9.64. The predicted octanol–water partition coefficient (Wildman–Crippen LogP) is 4.82. The third-order valence-corrected chi connectivity index (χ3v) is 4.84. The highest BCUT2D eigenvalue weighted by Gasteiger charge is 2.20. The van der Waals surface area contributed by atoms with Gasteiger partial charge < -0.3 is 21.1 Å². The monoisotopic (exact) mass is 589 g/mol. The van der Waals surface area contributed by atoms with Crippen molar-refractivity contribution in [2.24, 2.45) is 0 Å². The molecule has 2 aromatic rings. The molecule has 32 heavy (non-hydrogen) atoms. The smallest absolute Gasteiger partial charge is 0.276 e. The number of hydrogen-bond acceptors (Lipinski definition) is 5. The van der Waals surface area contributed by atoms with E-state index in [1.807, 2.05) is 0 Å². The van der Waals surface area contributed by atoms with Crippen LogP contribution in [0.5, 0.6) is 0 Å². The summed E-state index contributed by atoms with van der Waals surface area (Å²) in [7, 11) is 0. The number of halogens is 3. The number of rotatable bonds is 8. The number of nitrogens with one attached hydrogen (secondary N) is 4. The minimum atomic E-state index is -1.02. The van der Waals surface area contributed by atoms with Crippen LogP contribution < -0.4 is 16.0 Å². The van der Waals surface area contributed by atoms with E-state index >= 15 is 0 Å². The van der Waals surface area contributed by atoms with Crippen LogP contribution in [0.15, 0.2) is 51.0 Å². The Labute approximate surface area is 209 Å². The fraction of sp³-hybridized carbons (Fsp3) is 0.286. The standard InChI is InChI=1S/C14H14Br2N4O3.C7H12ClN/c1-6-3-11(20-19-6)14(23)18-12-9(13(22)17-7(2)21)4-8(15)5-10(12)16;1-2-3-4-6-9-7-5-8/h3-5,7,21H,1-2H3,(H,17,22)(H,18,23)(H,19,20);3-5,7,9H,2,6H2,1H3/b;4-3-,7-5+. The maximum absolute atomic E-state index is 12.3. The number of anilines is 1. The second-order valence-corrected chi connectivity index (χ2v) is 8.45. The summed E-state index contributed by atoms with van der Waals surface area (Å²) in [5.74, 6) is -0.973. The molecule has 2 rings (SSSR count). The van der Waals surface area contributed by atoms with E-state index in [4.69, 9.17) is 11.6 Å². The number of aliphatic hydroxyl groups excluding tert-OH is 1. The molecule has 1 heterocycles. The van der Waals surface area contributed by atoms with Crippen molar-refractivity contribution in [2.75, 3.05) is 11.9 Å². The topological polar surface area (TPSA) is 119 Å². The maximum atomic E-state index is 12.3. The van der Waals surface area contributed by atoms with Gasteiger partial charge in [0.1, 0.15) is 6.23 Å². The second-order valence-electron chi connectivity index (χ2n) is 6.43. The number of allylic oxidation sites excluding steroid dienone is 1. The largest absolute Gasteiger partial charge is 0.387 e. The van der Waals surface area contributed by atoms with Crippen LogP contribution in [0.4, 0.5) is 5.69 Å². The summed E-state index contributed by atoms with van der Waals surface area (Å²) < 4.78 is 1.16. The molecule has 1 unspecified atom stereocenters. The van der Waals surface area contributed by atoms with E-state index < -0.39 is 18.0 Å². The first-order valence-corrected chi connectivity index (χ1v) is 11.7. The van der Waals surface area contributed by atoms with Gasteiger partial charge in [-0.15, -0.1) is 0 Å². The highest BCUT2D eigenvalue weighted by molar-refractivity contribution is 9.11. The Morgan fingerprint density at radius 2 is 1.97 bits per heavy atom. The zero-order chi connectivity index (χ0) is 24.1. The highest BCUT2D eigenvalue weighted by atomic mass is 79.9. The highest BCUT2D eigenvalue weighted by Crippen LogP contribution is 2.31. The van der Waals surface area contributed by atoms with Gasteiger partial charge in [-0.25, -0.2) is 0 Å². The quantitative estimate of drug-likeness (QED) is 0.171. The van der Waals surface area contributed by atoms with Gasteiger partial charge in [-0.3, -0.25) is 14.7 Å². The summed E-state index contributed by atoms with van der Waals surface area (Å²) in [4.78, 5) is 24.5. The van der Waals surface area contributed by atoms with Crippen LogP contribution >= 0.6 is 43.5 Å². The van der Waals surface area contributed by atoms with E-state index in [9.17, 15) is 14.7 Å². The Bertz CT molecular complexity index is 961. The van der Waals surface area contributed by atoms with Crippen molar-refractivity contribution in [1.82, 2.24) is 20.8 Å². The number of aromatic amines is 1. The van der Waals surface area contributed by atoms with Gasteiger partial charge >= 0.3 is 0 Å². The zero-order valence-electron chi connectivity index (χ0n) is 17.9. The molecule has 0 saturated heterocycles. The van der Waals surface area contributed by atoms with Crippen LogP contribution in [-0.2, 0) is 0 Å². The Hall–Kier alpha value is -2.14. The third-order valence-electron chi connectivity index (χ3n) is 3.64. The molecule has 174 valence electrons. The Morgan fingerprint density at radius 3 is 2.53 bits per heavy atom. The zero-order valence-corrected chi connectivity index (χ0v) is 21.8. The molecule has 0 radical (unpaired) electrons. The summed E-state index contributed by atoms with van der Waals surface area (Å²) in [6.45, 7) is 6.17. The summed E-state index contributed by atoms with van der Waals surface area (Å²) in [6, 6.07) is 4.84. The van der Waals surface area contributed by atoms with Gasteiger partial charge in [0.25, 0.3) is 11.8 Å². The molecule has 0 aliphatic rings. The molecular weight excluding hydrogens is 566 g/mol. The Morgan fingerprint density at radius 1 is 1.25 bits per heavy atom. The van der Waals surface area contributed by atoms with Crippen LogP contribution in [0.25, 0.3) is 0 Å². The van der Waals surface area contributed by atoms with Crippen molar-refractivity contribution in [3.63, 3.8) is 0 Å². The molecule has 0 bridgehead atoms. The van der Waals surface area contributed by atoms with Crippen LogP contribution in [0.2, 0.25) is 0 Å². The number of carbonyl (C=O) groups excluding carboxylic acids is 2. The molecule has 0 fully saturated rings. The van der Waals surface area contributed by atoms with Crippen molar-refractivity contribution < 1.29 is 14.7 Å². The van der Waals surface area contributed by atoms with E-state index in [0.717, 1.165) is 18.7 Å². The molecule has 1 atom stereocenters. The van der Waals surface area contributed by atoms with Gasteiger partial charge in [-0.05, 0) is 54.4 Å². The fourth-order valence-electron chi connectivity index (χ4n) is 2.29. The molecular formula is C21H26Br2ClN5O3. The van der Waals surface area contributed by atoms with E-state index in [0.29, 0.717) is 8.95 Å². The second kappa shape index (κ2) is 14.8. The van der Waals surface area contributed by atoms with Gasteiger partial charge in [0.05, 0.1) is 11.3 Å². The normalized spacial score (nSPS) is 11.7. The lowest BCUT2D eigenvalue weighted by Crippen LogP contribution is -2.33. The molecule has 0 saturated carbocycles. The third kappa shape index (κ3) is 9.99. The Kier molecular flexibility index (Phi) is 12.9. The minimum absolute atomic E-state index is 0.202. The molecule has 0 spiro atoms. The lowest BCUT2D eigenvalue weighted by atomic mass is 10.1. The lowest BCUT2D eigenvalue weighted by Gasteiger charge is -2.14. The van der Waals surface area contributed by atoms with Gasteiger partial charge in [-0.2, -0.15) is 5.10 Å². The van der Waals surface area contributed by atoms with E-state index in [-0.39, 0.29) is 16.9 Å². The van der Waals surface area contributed by atoms with Gasteiger partial charge in [0, 0.05) is 32.9 Å². The van der Waals surface area contributed by atoms with Crippen molar-refractivity contribution in [3.8, 4) is 0 Å². The molecule has 0 aliphatic heterocycles. The Balaban J connectivity index is 0.000000482. The van der Waals surface area contributed by atoms with Crippen LogP contribution in [0.1, 0.15) is 46.8 Å². The minimum Gasteiger partial charge on any atom is -0.387 e. The van der Waals surface area contributed by atoms with Crippen molar-refractivity contribution in [1.29, 1.82) is 0 Å². The van der Waals surface area contributed by atoms with Crippen LogP contribution in [-0.4, -0.2) is 39.9 Å². The van der Waals surface area contributed by atoms with Crippen LogP contribution in [0, 0.1) is 6.92 Å². The lowest BCUT2D eigenvalue weighted by molar-refractivity contribution is 0.0819. The number of aryl methyl sites for hydroxylation is 1. The summed E-state index contributed by atoms with van der Waals surface area (Å²) in [5.41, 5.74) is 2.90. The number of hydrogen-bond donors (Lipinski definition) is 5. The number of aliphatic hydroxyl groups is 1. The number of carbonyl (C=O) groups is 2. The van der Waals surface area contributed by atoms with Crippen molar-refractivity contribution >= 4 is 61.0 Å². The van der Waals surface area contributed by atoms with Gasteiger partial charge in [0.15, 0.2) is 5.69 Å². The first kappa shape index (κ1) is 27.9. The van der Waals surface area contributed by atoms with Gasteiger partial charge in [0.2, 0.25) is 0 Å². The number of aromatic nitrogens is 2. The number of H-pyrrole nitrogens is 1. The molecule has 1 aromatic heterocycles.